The molecule has 1 aliphatic rings. The highest BCUT2D eigenvalue weighted by Crippen LogP contribution is 2.38. The standard InChI is InChI=1S/C16H14F2N2O4S/c17-9-2-3-12(11(18)6-9)24-16(4-1-5-16)14(23)20-15-19-10(8-25-15)7-13(21)22/h2-3,6,8H,1,4-5,7H2,(H,21,22)(H,19,20,23). The van der Waals surface area contributed by atoms with Crippen LogP contribution in [0, 0.1) is 11.6 Å². The lowest BCUT2D eigenvalue weighted by Crippen LogP contribution is -2.53. The van der Waals surface area contributed by atoms with Crippen molar-refractivity contribution in [3.63, 3.8) is 0 Å². The van der Waals surface area contributed by atoms with Gasteiger partial charge in [0, 0.05) is 11.4 Å². The van der Waals surface area contributed by atoms with E-state index >= 15 is 0 Å². The second kappa shape index (κ2) is 6.75. The van der Waals surface area contributed by atoms with E-state index in [9.17, 15) is 18.4 Å². The molecule has 0 unspecified atom stereocenters. The van der Waals surface area contributed by atoms with Crippen molar-refractivity contribution in [2.75, 3.05) is 5.32 Å². The number of hydrogen-bond donors (Lipinski definition) is 2. The van der Waals surface area contributed by atoms with Crippen LogP contribution in [0.4, 0.5) is 13.9 Å². The monoisotopic (exact) mass is 368 g/mol. The maximum Gasteiger partial charge on any atom is 0.309 e. The van der Waals surface area contributed by atoms with E-state index in [1.165, 1.54) is 5.38 Å². The minimum atomic E-state index is -1.24. The van der Waals surface area contributed by atoms with Crippen LogP contribution in [0.1, 0.15) is 25.0 Å². The molecule has 25 heavy (non-hydrogen) atoms. The van der Waals surface area contributed by atoms with E-state index in [0.29, 0.717) is 24.6 Å². The quantitative estimate of drug-likeness (QED) is 0.818. The maximum atomic E-state index is 13.8. The van der Waals surface area contributed by atoms with Crippen molar-refractivity contribution < 1.29 is 28.2 Å². The van der Waals surface area contributed by atoms with Gasteiger partial charge in [-0.25, -0.2) is 13.8 Å². The van der Waals surface area contributed by atoms with Crippen LogP contribution in [0.5, 0.6) is 5.75 Å². The Morgan fingerprint density at radius 2 is 2.12 bits per heavy atom. The van der Waals surface area contributed by atoms with E-state index in [2.05, 4.69) is 10.3 Å². The third-order valence-corrected chi connectivity index (χ3v) is 4.69. The first kappa shape index (κ1) is 17.3. The summed E-state index contributed by atoms with van der Waals surface area (Å²) in [6.45, 7) is 0. The predicted octanol–water partition coefficient (Wildman–Crippen LogP) is 2.99. The highest BCUT2D eigenvalue weighted by atomic mass is 32.1. The first-order valence-electron chi connectivity index (χ1n) is 7.50. The van der Waals surface area contributed by atoms with Crippen molar-refractivity contribution in [1.82, 2.24) is 4.98 Å². The van der Waals surface area contributed by atoms with E-state index in [-0.39, 0.29) is 17.3 Å². The highest BCUT2D eigenvalue weighted by molar-refractivity contribution is 7.13. The minimum absolute atomic E-state index is 0.193. The Morgan fingerprint density at radius 1 is 1.36 bits per heavy atom. The van der Waals surface area contributed by atoms with Gasteiger partial charge in [0.05, 0.1) is 12.1 Å². The smallest absolute Gasteiger partial charge is 0.309 e. The lowest BCUT2D eigenvalue weighted by molar-refractivity contribution is -0.138. The number of carboxylic acids is 1. The number of aliphatic carboxylic acids is 1. The molecule has 6 nitrogen and oxygen atoms in total. The van der Waals surface area contributed by atoms with Crippen molar-refractivity contribution in [2.24, 2.45) is 0 Å². The molecule has 9 heteroatoms. The molecule has 3 rings (SSSR count). The summed E-state index contributed by atoms with van der Waals surface area (Å²) in [7, 11) is 0. The summed E-state index contributed by atoms with van der Waals surface area (Å²) in [5.41, 5.74) is -0.905. The number of carboxylic acid groups (broad SMARTS) is 1. The van der Waals surface area contributed by atoms with Gasteiger partial charge in [0.25, 0.3) is 5.91 Å². The average Bonchev–Trinajstić information content (AvgIpc) is 2.90. The molecule has 1 heterocycles. The number of anilines is 1. The van der Waals surface area contributed by atoms with E-state index in [0.717, 1.165) is 29.9 Å². The lowest BCUT2D eigenvalue weighted by atomic mass is 9.79. The maximum absolute atomic E-state index is 13.8. The second-order valence-corrected chi connectivity index (χ2v) is 6.55. The Balaban J connectivity index is 1.72. The Morgan fingerprint density at radius 3 is 2.72 bits per heavy atom. The molecule has 1 saturated carbocycles. The fraction of sp³-hybridized carbons (Fsp3) is 0.312. The van der Waals surface area contributed by atoms with Crippen LogP contribution in [0.3, 0.4) is 0 Å². The van der Waals surface area contributed by atoms with Crippen LogP contribution < -0.4 is 10.1 Å². The van der Waals surface area contributed by atoms with Gasteiger partial charge in [0.15, 0.2) is 22.3 Å². The van der Waals surface area contributed by atoms with Crippen LogP contribution in [0.25, 0.3) is 0 Å². The molecule has 1 aromatic heterocycles. The second-order valence-electron chi connectivity index (χ2n) is 5.69. The van der Waals surface area contributed by atoms with E-state index in [1.807, 2.05) is 0 Å². The van der Waals surface area contributed by atoms with Gasteiger partial charge in [-0.1, -0.05) is 0 Å². The van der Waals surface area contributed by atoms with Crippen LogP contribution in [-0.2, 0) is 16.0 Å². The van der Waals surface area contributed by atoms with Crippen molar-refractivity contribution in [3.05, 3.63) is 40.9 Å². The summed E-state index contributed by atoms with van der Waals surface area (Å²) in [5.74, 6) is -3.31. The normalized spacial score (nSPS) is 15.3. The molecule has 1 amide bonds. The molecule has 0 aliphatic heterocycles. The fourth-order valence-corrected chi connectivity index (χ4v) is 3.16. The summed E-state index contributed by atoms with van der Waals surface area (Å²) >= 11 is 1.10. The molecule has 2 aromatic rings. The van der Waals surface area contributed by atoms with Crippen LogP contribution in [0.15, 0.2) is 23.6 Å². The zero-order valence-corrected chi connectivity index (χ0v) is 13.7. The van der Waals surface area contributed by atoms with Crippen molar-refractivity contribution in [1.29, 1.82) is 0 Å². The van der Waals surface area contributed by atoms with Gasteiger partial charge in [-0.15, -0.1) is 11.3 Å². The molecule has 0 atom stereocenters. The zero-order valence-electron chi connectivity index (χ0n) is 12.9. The SMILES string of the molecule is O=C(O)Cc1csc(NC(=O)C2(Oc3ccc(F)cc3F)CCC2)n1. The van der Waals surface area contributed by atoms with Gasteiger partial charge in [0.1, 0.15) is 5.82 Å². The number of rotatable bonds is 6. The molecule has 1 aliphatic carbocycles. The number of benzene rings is 1. The molecular weight excluding hydrogens is 354 g/mol. The number of halogens is 2. The van der Waals surface area contributed by atoms with E-state index in [4.69, 9.17) is 9.84 Å². The first-order chi connectivity index (χ1) is 11.9. The summed E-state index contributed by atoms with van der Waals surface area (Å²) in [4.78, 5) is 27.2. The number of ether oxygens (including phenoxy) is 1. The molecule has 132 valence electrons. The number of aromatic nitrogens is 1. The number of carbonyl (C=O) groups excluding carboxylic acids is 1. The Bertz CT molecular complexity index is 820. The van der Waals surface area contributed by atoms with Gasteiger partial charge in [-0.3, -0.25) is 14.9 Å². The summed E-state index contributed by atoms with van der Waals surface area (Å²) in [5, 5.41) is 13.1. The predicted molar refractivity (Wildman–Crippen MR) is 85.7 cm³/mol. The van der Waals surface area contributed by atoms with Gasteiger partial charge >= 0.3 is 5.97 Å². The number of nitrogens with one attached hydrogen (secondary N) is 1. The van der Waals surface area contributed by atoms with Crippen molar-refractivity contribution in [2.45, 2.75) is 31.3 Å². The lowest BCUT2D eigenvalue weighted by Gasteiger charge is -2.39. The summed E-state index contributed by atoms with van der Waals surface area (Å²) in [6, 6.07) is 2.90. The van der Waals surface area contributed by atoms with Gasteiger partial charge in [0.2, 0.25) is 0 Å². The Hall–Kier alpha value is -2.55. The Labute approximate surface area is 145 Å². The number of nitrogens with zero attached hydrogens (tertiary/aromatic N) is 1. The molecule has 0 spiro atoms. The highest BCUT2D eigenvalue weighted by Gasteiger charge is 2.47. The number of carbonyl (C=O) groups is 2. The molecule has 1 aromatic carbocycles. The average molecular weight is 368 g/mol. The van der Waals surface area contributed by atoms with Gasteiger partial charge in [-0.05, 0) is 31.4 Å². The van der Waals surface area contributed by atoms with Crippen LogP contribution >= 0.6 is 11.3 Å². The Kier molecular flexibility index (Phi) is 4.67. The molecule has 2 N–H and O–H groups in total. The molecule has 0 saturated heterocycles. The number of amides is 1. The zero-order chi connectivity index (χ0) is 18.0. The third-order valence-electron chi connectivity index (χ3n) is 3.88. The summed E-state index contributed by atoms with van der Waals surface area (Å²) in [6.07, 6.45) is 1.28. The largest absolute Gasteiger partial charge is 0.481 e. The fourth-order valence-electron chi connectivity index (χ4n) is 2.45. The third kappa shape index (κ3) is 3.76. The number of thiazole rings is 1. The van der Waals surface area contributed by atoms with Gasteiger partial charge < -0.3 is 9.84 Å². The molecular formula is C16H14F2N2O4S. The molecule has 0 bridgehead atoms. The van der Waals surface area contributed by atoms with E-state index < -0.39 is 29.1 Å². The van der Waals surface area contributed by atoms with Crippen LogP contribution in [-0.4, -0.2) is 27.6 Å². The van der Waals surface area contributed by atoms with Crippen LogP contribution in [0.2, 0.25) is 0 Å². The first-order valence-corrected chi connectivity index (χ1v) is 8.38. The van der Waals surface area contributed by atoms with E-state index in [1.54, 1.807) is 0 Å². The molecule has 1 fully saturated rings. The topological polar surface area (TPSA) is 88.5 Å². The number of hydrogen-bond acceptors (Lipinski definition) is 5. The molecule has 0 radical (unpaired) electrons. The van der Waals surface area contributed by atoms with Crippen molar-refractivity contribution in [3.8, 4) is 5.75 Å². The van der Waals surface area contributed by atoms with Crippen molar-refractivity contribution >= 4 is 28.3 Å². The minimum Gasteiger partial charge on any atom is -0.481 e. The summed E-state index contributed by atoms with van der Waals surface area (Å²) < 4.78 is 32.3. The van der Waals surface area contributed by atoms with Gasteiger partial charge in [-0.2, -0.15) is 0 Å².